The van der Waals surface area contributed by atoms with Crippen LogP contribution in [0.4, 0.5) is 18.9 Å². The highest BCUT2D eigenvalue weighted by atomic mass is 19.4. The number of anilines is 1. The van der Waals surface area contributed by atoms with Crippen molar-refractivity contribution in [3.63, 3.8) is 0 Å². The molecule has 0 aliphatic carbocycles. The molecule has 0 radical (unpaired) electrons. The molecule has 0 bridgehead atoms. The Morgan fingerprint density at radius 2 is 1.91 bits per heavy atom. The van der Waals surface area contributed by atoms with Crippen molar-refractivity contribution < 1.29 is 27.3 Å². The molecule has 3 aromatic heterocycles. The van der Waals surface area contributed by atoms with Gasteiger partial charge in [0.25, 0.3) is 11.8 Å². The van der Waals surface area contributed by atoms with Gasteiger partial charge in [0.1, 0.15) is 12.0 Å². The van der Waals surface area contributed by atoms with E-state index in [1.165, 1.54) is 36.1 Å². The molecule has 4 rings (SSSR count). The summed E-state index contributed by atoms with van der Waals surface area (Å²) in [6.07, 6.45) is -3.35. The van der Waals surface area contributed by atoms with Crippen LogP contribution in [0.25, 0.3) is 11.2 Å². The van der Waals surface area contributed by atoms with Crippen LogP contribution in [0.2, 0.25) is 0 Å². The van der Waals surface area contributed by atoms with Crippen molar-refractivity contribution in [2.45, 2.75) is 26.1 Å². The predicted octanol–water partition coefficient (Wildman–Crippen LogP) is 2.82. The Morgan fingerprint density at radius 3 is 2.65 bits per heavy atom. The zero-order chi connectivity index (χ0) is 24.6. The van der Waals surface area contributed by atoms with Crippen molar-refractivity contribution in [3.05, 3.63) is 58.9 Å². The molecule has 34 heavy (non-hydrogen) atoms. The second-order valence-electron chi connectivity index (χ2n) is 7.40. The average Bonchev–Trinajstić information content (AvgIpc) is 3.42. The third-order valence-corrected chi connectivity index (χ3v) is 4.95. The zero-order valence-electron chi connectivity index (χ0n) is 18.0. The van der Waals surface area contributed by atoms with Gasteiger partial charge in [0, 0.05) is 18.8 Å². The lowest BCUT2D eigenvalue weighted by Crippen LogP contribution is -2.28. The summed E-state index contributed by atoms with van der Waals surface area (Å²) < 4.78 is 45.7. The molecule has 14 heteroatoms. The molecule has 0 unspecified atom stereocenters. The molecule has 11 nitrogen and oxygen atoms in total. The highest BCUT2D eigenvalue weighted by molar-refractivity contribution is 6.03. The molecule has 2 N–H and O–H groups in total. The maximum absolute atomic E-state index is 13.1. The first-order chi connectivity index (χ1) is 16.0. The summed E-state index contributed by atoms with van der Waals surface area (Å²) >= 11 is 0. The highest BCUT2D eigenvalue weighted by Crippen LogP contribution is 2.33. The average molecular weight is 474 g/mol. The fraction of sp³-hybridized carbons (Fsp3) is 0.250. The minimum absolute atomic E-state index is 0.00579. The minimum Gasteiger partial charge on any atom is -0.351 e. The van der Waals surface area contributed by atoms with Crippen LogP contribution in [0, 0.1) is 6.92 Å². The van der Waals surface area contributed by atoms with Gasteiger partial charge in [-0.15, -0.1) is 5.10 Å². The molecule has 0 aliphatic heterocycles. The Balaban J connectivity index is 1.46. The van der Waals surface area contributed by atoms with Gasteiger partial charge in [-0.2, -0.15) is 13.2 Å². The number of nitrogens with zero attached hydrogens (tertiary/aromatic N) is 6. The number of fused-ring (bicyclic) bond motifs is 1. The van der Waals surface area contributed by atoms with E-state index in [2.05, 4.69) is 36.1 Å². The molecule has 1 aromatic carbocycles. The molecule has 0 fully saturated rings. The van der Waals surface area contributed by atoms with Crippen molar-refractivity contribution in [2.24, 2.45) is 7.05 Å². The molecule has 2 amide bonds. The third-order valence-electron chi connectivity index (χ3n) is 4.95. The van der Waals surface area contributed by atoms with Crippen molar-refractivity contribution in [1.29, 1.82) is 0 Å². The monoisotopic (exact) mass is 474 g/mol. The Bertz CT molecular complexity index is 1400. The number of carbonyl (C=O) groups is 2. The molecule has 0 spiro atoms. The van der Waals surface area contributed by atoms with Crippen molar-refractivity contribution >= 4 is 28.7 Å². The summed E-state index contributed by atoms with van der Waals surface area (Å²) in [6, 6.07) is 4.01. The minimum atomic E-state index is -4.56. The number of aromatic nitrogens is 6. The van der Waals surface area contributed by atoms with Crippen molar-refractivity contribution in [1.82, 2.24) is 35.4 Å². The number of hydrogen-bond donors (Lipinski definition) is 2. The van der Waals surface area contributed by atoms with Crippen LogP contribution in [0.1, 0.15) is 50.8 Å². The van der Waals surface area contributed by atoms with E-state index < -0.39 is 29.6 Å². The smallest absolute Gasteiger partial charge is 0.351 e. The van der Waals surface area contributed by atoms with Crippen LogP contribution < -0.4 is 10.6 Å². The molecule has 0 saturated carbocycles. The predicted molar refractivity (Wildman–Crippen MR) is 111 cm³/mol. The van der Waals surface area contributed by atoms with E-state index in [9.17, 15) is 22.8 Å². The lowest BCUT2D eigenvalue weighted by molar-refractivity contribution is -0.138. The molecule has 0 saturated heterocycles. The van der Waals surface area contributed by atoms with Gasteiger partial charge in [0.05, 0.1) is 11.6 Å². The molecular formula is C20H17F3N8O3. The maximum Gasteiger partial charge on any atom is 0.416 e. The van der Waals surface area contributed by atoms with Gasteiger partial charge in [-0.05, 0) is 31.5 Å². The fourth-order valence-corrected chi connectivity index (χ4v) is 3.16. The first-order valence-electron chi connectivity index (χ1n) is 9.81. The standard InChI is InChI=1S/C20H17F3N8O3/c1-9-4-5-11(6-12(9)20(21,22)23)27-18(32)14-7-13(29-34-14)10(2)26-19(33)16-15-17(25-8-24-16)31(3)30-28-15/h4-8,10H,1-3H3,(H,26,33)(H,27,32)/t10-/m0/s1. The lowest BCUT2D eigenvalue weighted by Gasteiger charge is -2.12. The number of benzene rings is 1. The molecule has 1 atom stereocenters. The number of aryl methyl sites for hydroxylation is 2. The Hall–Kier alpha value is -4.36. The SMILES string of the molecule is Cc1ccc(NC(=O)c2cc([C@H](C)NC(=O)c3ncnc4c3nnn4C)no2)cc1C(F)(F)F. The number of halogens is 3. The zero-order valence-corrected chi connectivity index (χ0v) is 18.0. The van der Waals surface area contributed by atoms with Gasteiger partial charge in [0.2, 0.25) is 5.76 Å². The maximum atomic E-state index is 13.1. The van der Waals surface area contributed by atoms with Gasteiger partial charge in [-0.1, -0.05) is 16.4 Å². The van der Waals surface area contributed by atoms with Crippen molar-refractivity contribution in [2.75, 3.05) is 5.32 Å². The first-order valence-corrected chi connectivity index (χ1v) is 9.81. The fourth-order valence-electron chi connectivity index (χ4n) is 3.16. The summed E-state index contributed by atoms with van der Waals surface area (Å²) in [7, 11) is 1.62. The third kappa shape index (κ3) is 4.42. The first kappa shape index (κ1) is 22.8. The van der Waals surface area contributed by atoms with E-state index in [1.54, 1.807) is 14.0 Å². The Kier molecular flexibility index (Phi) is 5.73. The normalized spacial score (nSPS) is 12.5. The van der Waals surface area contributed by atoms with Gasteiger partial charge in [0.15, 0.2) is 16.9 Å². The van der Waals surface area contributed by atoms with E-state index in [-0.39, 0.29) is 33.9 Å². The summed E-state index contributed by atoms with van der Waals surface area (Å²) in [4.78, 5) is 33.1. The van der Waals surface area contributed by atoms with E-state index in [0.29, 0.717) is 5.65 Å². The van der Waals surface area contributed by atoms with Crippen molar-refractivity contribution in [3.8, 4) is 0 Å². The Labute approximate surface area is 189 Å². The van der Waals surface area contributed by atoms with E-state index in [1.807, 2.05) is 0 Å². The number of amides is 2. The number of hydrogen-bond acceptors (Lipinski definition) is 8. The van der Waals surface area contributed by atoms with E-state index in [0.717, 1.165) is 6.07 Å². The largest absolute Gasteiger partial charge is 0.416 e. The highest BCUT2D eigenvalue weighted by Gasteiger charge is 2.32. The van der Waals surface area contributed by atoms with Crippen LogP contribution in [-0.2, 0) is 13.2 Å². The number of carbonyl (C=O) groups excluding carboxylic acids is 2. The molecule has 4 aromatic rings. The molecular weight excluding hydrogens is 457 g/mol. The summed E-state index contributed by atoms with van der Waals surface area (Å²) in [5.41, 5.74) is -0.0847. The quantitative estimate of drug-likeness (QED) is 0.450. The van der Waals surface area contributed by atoms with Gasteiger partial charge in [-0.3, -0.25) is 9.59 Å². The molecule has 176 valence electrons. The lowest BCUT2D eigenvalue weighted by atomic mass is 10.1. The van der Waals surface area contributed by atoms with Gasteiger partial charge in [-0.25, -0.2) is 14.6 Å². The van der Waals surface area contributed by atoms with Crippen LogP contribution in [0.5, 0.6) is 0 Å². The molecule has 0 aliphatic rings. The van der Waals surface area contributed by atoms with Crippen LogP contribution in [0.15, 0.2) is 35.1 Å². The number of alkyl halides is 3. The van der Waals surface area contributed by atoms with E-state index >= 15 is 0 Å². The Morgan fingerprint density at radius 1 is 1.15 bits per heavy atom. The second-order valence-corrected chi connectivity index (χ2v) is 7.40. The van der Waals surface area contributed by atoms with Gasteiger partial charge < -0.3 is 15.2 Å². The summed E-state index contributed by atoms with van der Waals surface area (Å²) in [5, 5.41) is 16.5. The molecule has 3 heterocycles. The summed E-state index contributed by atoms with van der Waals surface area (Å²) in [5.74, 6) is -1.62. The van der Waals surface area contributed by atoms with Crippen LogP contribution >= 0.6 is 0 Å². The van der Waals surface area contributed by atoms with Crippen LogP contribution in [0.3, 0.4) is 0 Å². The number of rotatable bonds is 5. The second kappa shape index (κ2) is 8.53. The topological polar surface area (TPSA) is 141 Å². The summed E-state index contributed by atoms with van der Waals surface area (Å²) in [6.45, 7) is 2.92. The number of nitrogens with one attached hydrogen (secondary N) is 2. The van der Waals surface area contributed by atoms with Crippen LogP contribution in [-0.4, -0.2) is 41.9 Å². The van der Waals surface area contributed by atoms with E-state index in [4.69, 9.17) is 4.52 Å². The van der Waals surface area contributed by atoms with Gasteiger partial charge >= 0.3 is 6.18 Å².